The lowest BCUT2D eigenvalue weighted by Gasteiger charge is -2.31. The Balaban J connectivity index is 1.48. The Kier molecular flexibility index (Phi) is 7.03. The monoisotopic (exact) mass is 481 g/mol. The molecule has 0 saturated heterocycles. The standard InChI is InChI=1S/C28H39N3O4/c1-18(16-19-8-10-22(11-9-19)27(32)33)31-24-13-12-20-14-15-30(28(34)35-2)17-23(20)25(24)29-26(31)21-6-4-3-5-7-21/h12-13,18-19,21-22H,3-11,14-17H2,1-2H3,(H,32,33)/t18-,19-,22+/m1/s1. The Hall–Kier alpha value is -2.57. The van der Waals surface area contributed by atoms with Crippen molar-refractivity contribution in [2.75, 3.05) is 13.7 Å². The van der Waals surface area contributed by atoms with Crippen LogP contribution >= 0.6 is 0 Å². The second-order valence-electron chi connectivity index (χ2n) is 11.0. The van der Waals surface area contributed by atoms with Crippen molar-refractivity contribution in [3.05, 3.63) is 29.1 Å². The zero-order chi connectivity index (χ0) is 24.5. The summed E-state index contributed by atoms with van der Waals surface area (Å²) in [5.41, 5.74) is 4.70. The van der Waals surface area contributed by atoms with Crippen LogP contribution in [0, 0.1) is 11.8 Å². The molecule has 0 spiro atoms. The summed E-state index contributed by atoms with van der Waals surface area (Å²) in [5, 5.41) is 9.38. The van der Waals surface area contributed by atoms with Crippen molar-refractivity contribution in [1.29, 1.82) is 0 Å². The topological polar surface area (TPSA) is 84.7 Å². The molecular weight excluding hydrogens is 442 g/mol. The summed E-state index contributed by atoms with van der Waals surface area (Å²) < 4.78 is 7.52. The Morgan fingerprint density at radius 1 is 1.11 bits per heavy atom. The molecule has 1 aromatic carbocycles. The zero-order valence-corrected chi connectivity index (χ0v) is 21.2. The largest absolute Gasteiger partial charge is 0.481 e. The van der Waals surface area contributed by atoms with Gasteiger partial charge >= 0.3 is 12.1 Å². The van der Waals surface area contributed by atoms with Crippen LogP contribution in [0.15, 0.2) is 12.1 Å². The molecule has 1 aromatic heterocycles. The molecule has 1 amide bonds. The molecule has 7 heteroatoms. The number of methoxy groups -OCH3 is 1. The molecule has 2 fully saturated rings. The fourth-order valence-corrected chi connectivity index (χ4v) is 6.84. The molecule has 1 atom stereocenters. The van der Waals surface area contributed by atoms with Crippen LogP contribution in [0.3, 0.4) is 0 Å². The van der Waals surface area contributed by atoms with Crippen molar-refractivity contribution in [3.8, 4) is 0 Å². The highest BCUT2D eigenvalue weighted by Gasteiger charge is 2.31. The molecule has 190 valence electrons. The van der Waals surface area contributed by atoms with Crippen molar-refractivity contribution in [1.82, 2.24) is 14.5 Å². The van der Waals surface area contributed by atoms with Gasteiger partial charge in [0, 0.05) is 24.1 Å². The third-order valence-corrected chi connectivity index (χ3v) is 8.81. The van der Waals surface area contributed by atoms with Crippen LogP contribution in [-0.4, -0.2) is 45.3 Å². The predicted molar refractivity (Wildman–Crippen MR) is 134 cm³/mol. The first-order valence-corrected chi connectivity index (χ1v) is 13.5. The van der Waals surface area contributed by atoms with Gasteiger partial charge in [0.05, 0.1) is 30.6 Å². The van der Waals surface area contributed by atoms with Crippen LogP contribution in [0.25, 0.3) is 11.0 Å². The SMILES string of the molecule is COC(=O)N1CCc2ccc3c(nc(C4CCCCC4)n3[C@H](C)C[C@H]3CC[C@@H](C(=O)O)CC3)c2C1. The molecule has 1 N–H and O–H groups in total. The third kappa shape index (κ3) is 4.78. The van der Waals surface area contributed by atoms with E-state index < -0.39 is 5.97 Å². The van der Waals surface area contributed by atoms with Gasteiger partial charge in [0.2, 0.25) is 0 Å². The second-order valence-corrected chi connectivity index (χ2v) is 11.0. The van der Waals surface area contributed by atoms with Crippen molar-refractivity contribution >= 4 is 23.1 Å². The lowest BCUT2D eigenvalue weighted by atomic mass is 9.79. The number of rotatable bonds is 5. The number of ether oxygens (including phenoxy) is 1. The smallest absolute Gasteiger partial charge is 0.409 e. The van der Waals surface area contributed by atoms with Crippen LogP contribution in [0.4, 0.5) is 4.79 Å². The highest BCUT2D eigenvalue weighted by molar-refractivity contribution is 5.82. The van der Waals surface area contributed by atoms with E-state index in [2.05, 4.69) is 23.6 Å². The van der Waals surface area contributed by atoms with E-state index in [1.165, 1.54) is 61.7 Å². The number of aliphatic carboxylic acids is 1. The van der Waals surface area contributed by atoms with Crippen LogP contribution < -0.4 is 0 Å². The number of carbonyl (C=O) groups excluding carboxylic acids is 1. The van der Waals surface area contributed by atoms with Crippen molar-refractivity contribution < 1.29 is 19.4 Å². The normalized spacial score (nSPS) is 24.2. The minimum Gasteiger partial charge on any atom is -0.481 e. The van der Waals surface area contributed by atoms with Crippen LogP contribution in [0.5, 0.6) is 0 Å². The van der Waals surface area contributed by atoms with E-state index in [0.29, 0.717) is 31.0 Å². The summed E-state index contributed by atoms with van der Waals surface area (Å²) in [6.07, 6.45) is 11.4. The van der Waals surface area contributed by atoms with E-state index in [1.807, 2.05) is 0 Å². The molecular formula is C28H39N3O4. The van der Waals surface area contributed by atoms with Gasteiger partial charge in [-0.1, -0.05) is 25.3 Å². The molecule has 2 aromatic rings. The van der Waals surface area contributed by atoms with E-state index in [0.717, 1.165) is 44.0 Å². The lowest BCUT2D eigenvalue weighted by Crippen LogP contribution is -2.35. The predicted octanol–water partition coefficient (Wildman–Crippen LogP) is 6.05. The number of nitrogens with zero attached hydrogens (tertiary/aromatic N) is 3. The zero-order valence-electron chi connectivity index (χ0n) is 21.2. The maximum absolute atomic E-state index is 12.3. The quantitative estimate of drug-likeness (QED) is 0.562. The second kappa shape index (κ2) is 10.2. The molecule has 0 bridgehead atoms. The van der Waals surface area contributed by atoms with Gasteiger partial charge in [-0.25, -0.2) is 9.78 Å². The number of hydrogen-bond donors (Lipinski definition) is 1. The summed E-state index contributed by atoms with van der Waals surface area (Å²) in [4.78, 5) is 30.8. The van der Waals surface area contributed by atoms with Crippen LogP contribution in [-0.2, 0) is 22.5 Å². The van der Waals surface area contributed by atoms with Gasteiger partial charge in [-0.3, -0.25) is 4.79 Å². The lowest BCUT2D eigenvalue weighted by molar-refractivity contribution is -0.143. The summed E-state index contributed by atoms with van der Waals surface area (Å²) in [6.45, 7) is 3.54. The average Bonchev–Trinajstić information content (AvgIpc) is 3.29. The van der Waals surface area contributed by atoms with E-state index in [-0.39, 0.29) is 12.0 Å². The van der Waals surface area contributed by atoms with Gasteiger partial charge in [0.1, 0.15) is 5.82 Å². The molecule has 0 radical (unpaired) electrons. The Morgan fingerprint density at radius 3 is 2.54 bits per heavy atom. The van der Waals surface area contributed by atoms with Crippen LogP contribution in [0.2, 0.25) is 0 Å². The molecule has 2 heterocycles. The molecule has 1 aliphatic heterocycles. The molecule has 35 heavy (non-hydrogen) atoms. The van der Waals surface area contributed by atoms with Crippen molar-refractivity contribution in [2.45, 2.75) is 96.1 Å². The first-order valence-electron chi connectivity index (χ1n) is 13.5. The van der Waals surface area contributed by atoms with E-state index >= 15 is 0 Å². The number of aromatic nitrogens is 2. The molecule has 7 nitrogen and oxygen atoms in total. The van der Waals surface area contributed by atoms with Gasteiger partial charge in [0.15, 0.2) is 0 Å². The van der Waals surface area contributed by atoms with Crippen LogP contribution in [0.1, 0.15) is 100 Å². The van der Waals surface area contributed by atoms with Gasteiger partial charge in [-0.15, -0.1) is 0 Å². The number of carbonyl (C=O) groups is 2. The minimum absolute atomic E-state index is 0.169. The number of amides is 1. The third-order valence-electron chi connectivity index (χ3n) is 8.81. The van der Waals surface area contributed by atoms with Gasteiger partial charge in [-0.2, -0.15) is 0 Å². The van der Waals surface area contributed by atoms with E-state index in [9.17, 15) is 14.7 Å². The highest BCUT2D eigenvalue weighted by atomic mass is 16.5. The summed E-state index contributed by atoms with van der Waals surface area (Å²) >= 11 is 0. The fourth-order valence-electron chi connectivity index (χ4n) is 6.84. The number of carboxylic acids is 1. The number of imidazole rings is 1. The molecule has 3 aliphatic rings. The van der Waals surface area contributed by atoms with Gasteiger partial charge < -0.3 is 19.3 Å². The van der Waals surface area contributed by atoms with E-state index in [1.54, 1.807) is 4.90 Å². The summed E-state index contributed by atoms with van der Waals surface area (Å²) in [6, 6.07) is 4.79. The molecule has 2 aliphatic carbocycles. The molecule has 0 unspecified atom stereocenters. The van der Waals surface area contributed by atoms with E-state index in [4.69, 9.17) is 9.72 Å². The number of hydrogen-bond acceptors (Lipinski definition) is 4. The van der Waals surface area contributed by atoms with Crippen molar-refractivity contribution in [3.63, 3.8) is 0 Å². The average molecular weight is 482 g/mol. The number of benzene rings is 1. The number of carboxylic acid groups (broad SMARTS) is 1. The minimum atomic E-state index is -0.637. The van der Waals surface area contributed by atoms with Crippen molar-refractivity contribution in [2.24, 2.45) is 11.8 Å². The fraction of sp³-hybridized carbons (Fsp3) is 0.679. The number of fused-ring (bicyclic) bond motifs is 3. The van der Waals surface area contributed by atoms with Gasteiger partial charge in [-0.05, 0) is 75.8 Å². The first-order chi connectivity index (χ1) is 17.0. The highest BCUT2D eigenvalue weighted by Crippen LogP contribution is 2.40. The Labute approximate surface area is 207 Å². The van der Waals surface area contributed by atoms with Gasteiger partial charge in [0.25, 0.3) is 0 Å². The Morgan fingerprint density at radius 2 is 1.86 bits per heavy atom. The molecule has 2 saturated carbocycles. The summed E-state index contributed by atoms with van der Waals surface area (Å²) in [5.74, 6) is 1.46. The molecule has 5 rings (SSSR count). The maximum Gasteiger partial charge on any atom is 0.409 e. The first kappa shape index (κ1) is 24.1. The maximum atomic E-state index is 12.3. The summed E-state index contributed by atoms with van der Waals surface area (Å²) in [7, 11) is 1.44. The Bertz CT molecular complexity index is 1080.